The summed E-state index contributed by atoms with van der Waals surface area (Å²) in [7, 11) is 3.12. The van der Waals surface area contributed by atoms with Crippen LogP contribution in [0.25, 0.3) is 5.69 Å². The van der Waals surface area contributed by atoms with E-state index in [4.69, 9.17) is 9.47 Å². The number of benzene rings is 1. The number of nitrogens with one attached hydrogen (secondary N) is 1. The van der Waals surface area contributed by atoms with Gasteiger partial charge in [-0.15, -0.1) is 0 Å². The Morgan fingerprint density at radius 2 is 2.11 bits per heavy atom. The number of carboxylic acids is 1. The van der Waals surface area contributed by atoms with E-state index in [2.05, 4.69) is 5.32 Å². The number of rotatable bonds is 5. The van der Waals surface area contributed by atoms with Gasteiger partial charge in [0.2, 0.25) is 5.91 Å². The van der Waals surface area contributed by atoms with Crippen molar-refractivity contribution in [1.82, 2.24) is 4.57 Å². The molecule has 144 valence electrons. The molecule has 7 nitrogen and oxygen atoms in total. The number of aromatic carboxylic acids is 1. The Balaban J connectivity index is 2.01. The molecule has 1 unspecified atom stereocenters. The van der Waals surface area contributed by atoms with Gasteiger partial charge in [0.25, 0.3) is 0 Å². The molecule has 1 aromatic carbocycles. The molecular formula is C20H18N2O5S. The van der Waals surface area contributed by atoms with Crippen LogP contribution in [0, 0.1) is 0 Å². The summed E-state index contributed by atoms with van der Waals surface area (Å²) in [4.78, 5) is 24.2. The van der Waals surface area contributed by atoms with E-state index < -0.39 is 5.97 Å². The molecule has 28 heavy (non-hydrogen) atoms. The smallest absolute Gasteiger partial charge is 0.339 e. The van der Waals surface area contributed by atoms with Crippen LogP contribution in [0.5, 0.6) is 11.5 Å². The quantitative estimate of drug-likeness (QED) is 0.684. The van der Waals surface area contributed by atoms with Crippen LogP contribution in [0.1, 0.15) is 34.0 Å². The average molecular weight is 398 g/mol. The number of aromatic nitrogens is 1. The molecule has 0 spiro atoms. The van der Waals surface area contributed by atoms with Crippen LogP contribution in [0.15, 0.2) is 41.2 Å². The Bertz CT molecular complexity index is 1050. The number of hydrogen-bond acceptors (Lipinski definition) is 5. The van der Waals surface area contributed by atoms with Gasteiger partial charge >= 0.3 is 5.97 Å². The molecule has 0 aliphatic carbocycles. The molecule has 3 aromatic rings. The highest BCUT2D eigenvalue weighted by molar-refractivity contribution is 7.08. The van der Waals surface area contributed by atoms with Gasteiger partial charge in [-0.05, 0) is 34.5 Å². The SMILES string of the molecule is COc1ccc(OC)c(-n2cc(C(=O)O)c3c2C(c2ccsc2)CC(=O)N3)c1. The minimum Gasteiger partial charge on any atom is -0.497 e. The molecule has 8 heteroatoms. The number of anilines is 1. The molecule has 1 amide bonds. The fourth-order valence-corrected chi connectivity index (χ4v) is 4.28. The number of fused-ring (bicyclic) bond motifs is 1. The summed E-state index contributed by atoms with van der Waals surface area (Å²) in [5, 5.41) is 16.4. The molecule has 1 aliphatic heterocycles. The lowest BCUT2D eigenvalue weighted by Crippen LogP contribution is -2.25. The number of hydrogen-bond donors (Lipinski definition) is 2. The van der Waals surface area contributed by atoms with Crippen molar-refractivity contribution >= 4 is 28.9 Å². The largest absolute Gasteiger partial charge is 0.497 e. The summed E-state index contributed by atoms with van der Waals surface area (Å²) >= 11 is 1.54. The zero-order chi connectivity index (χ0) is 19.8. The first-order valence-electron chi connectivity index (χ1n) is 8.56. The van der Waals surface area contributed by atoms with Gasteiger partial charge < -0.3 is 24.5 Å². The number of methoxy groups -OCH3 is 2. The summed E-state index contributed by atoms with van der Waals surface area (Å²) < 4.78 is 12.6. The molecule has 0 radical (unpaired) electrons. The predicted octanol–water partition coefficient (Wildman–Crippen LogP) is 3.73. The normalized spacial score (nSPS) is 15.6. The lowest BCUT2D eigenvalue weighted by atomic mass is 9.90. The van der Waals surface area contributed by atoms with Crippen molar-refractivity contribution in [3.05, 3.63) is 58.0 Å². The standard InChI is InChI=1S/C20H18N2O5S/c1-26-12-3-4-16(27-2)15(7-12)22-9-14(20(24)25)18-19(22)13(8-17(23)21-18)11-5-6-28-10-11/h3-7,9-10,13H,8H2,1-2H3,(H,21,23)(H,24,25). The molecular weight excluding hydrogens is 380 g/mol. The van der Waals surface area contributed by atoms with Crippen LogP contribution in [0.2, 0.25) is 0 Å². The van der Waals surface area contributed by atoms with E-state index in [0.29, 0.717) is 28.6 Å². The first-order valence-corrected chi connectivity index (χ1v) is 9.50. The monoisotopic (exact) mass is 398 g/mol. The first-order chi connectivity index (χ1) is 13.5. The van der Waals surface area contributed by atoms with E-state index in [1.165, 1.54) is 17.5 Å². The molecule has 0 saturated carbocycles. The van der Waals surface area contributed by atoms with Crippen molar-refractivity contribution in [3.8, 4) is 17.2 Å². The Labute approximate surface area is 165 Å². The molecule has 2 N–H and O–H groups in total. The fraction of sp³-hybridized carbons (Fsp3) is 0.200. The maximum atomic E-state index is 12.3. The maximum absolute atomic E-state index is 12.3. The fourth-order valence-electron chi connectivity index (χ4n) is 3.56. The van der Waals surface area contributed by atoms with Crippen LogP contribution in [-0.4, -0.2) is 35.8 Å². The summed E-state index contributed by atoms with van der Waals surface area (Å²) in [5.41, 5.74) is 2.68. The number of carbonyl (C=O) groups is 2. The van der Waals surface area contributed by atoms with Crippen molar-refractivity contribution in [1.29, 1.82) is 0 Å². The second kappa shape index (κ2) is 7.05. The van der Waals surface area contributed by atoms with Crippen LogP contribution < -0.4 is 14.8 Å². The zero-order valence-corrected chi connectivity index (χ0v) is 16.1. The molecule has 2 aromatic heterocycles. The van der Waals surface area contributed by atoms with Gasteiger partial charge in [0, 0.05) is 24.6 Å². The number of thiophene rings is 1. The molecule has 4 rings (SSSR count). The summed E-state index contributed by atoms with van der Waals surface area (Å²) in [6.45, 7) is 0. The maximum Gasteiger partial charge on any atom is 0.339 e. The lowest BCUT2D eigenvalue weighted by molar-refractivity contribution is -0.116. The molecule has 1 aliphatic rings. The van der Waals surface area contributed by atoms with Crippen LogP contribution >= 0.6 is 11.3 Å². The van der Waals surface area contributed by atoms with Gasteiger partial charge in [0.05, 0.1) is 31.3 Å². The van der Waals surface area contributed by atoms with E-state index in [1.54, 1.807) is 37.0 Å². The number of carbonyl (C=O) groups excluding carboxylic acids is 1. The van der Waals surface area contributed by atoms with Gasteiger partial charge in [-0.1, -0.05) is 0 Å². The average Bonchev–Trinajstić information content (AvgIpc) is 3.35. The zero-order valence-electron chi connectivity index (χ0n) is 15.3. The number of carboxylic acid groups (broad SMARTS) is 1. The van der Waals surface area contributed by atoms with E-state index in [0.717, 1.165) is 5.56 Å². The Kier molecular flexibility index (Phi) is 4.56. The van der Waals surface area contributed by atoms with Gasteiger partial charge in [-0.25, -0.2) is 4.79 Å². The van der Waals surface area contributed by atoms with Gasteiger partial charge in [0.1, 0.15) is 17.1 Å². The topological polar surface area (TPSA) is 89.8 Å². The van der Waals surface area contributed by atoms with Crippen molar-refractivity contribution in [2.45, 2.75) is 12.3 Å². The van der Waals surface area contributed by atoms with Crippen molar-refractivity contribution < 1.29 is 24.2 Å². The number of ether oxygens (including phenoxy) is 2. The highest BCUT2D eigenvalue weighted by Crippen LogP contribution is 2.43. The van der Waals surface area contributed by atoms with Gasteiger partial charge in [0.15, 0.2) is 0 Å². The lowest BCUT2D eigenvalue weighted by Gasteiger charge is -2.26. The Morgan fingerprint density at radius 1 is 1.29 bits per heavy atom. The van der Waals surface area contributed by atoms with Gasteiger partial charge in [-0.3, -0.25) is 4.79 Å². The van der Waals surface area contributed by atoms with E-state index in [9.17, 15) is 14.7 Å². The van der Waals surface area contributed by atoms with Crippen LogP contribution in [-0.2, 0) is 4.79 Å². The Morgan fingerprint density at radius 3 is 2.75 bits per heavy atom. The van der Waals surface area contributed by atoms with Crippen LogP contribution in [0.3, 0.4) is 0 Å². The van der Waals surface area contributed by atoms with Crippen molar-refractivity contribution in [2.75, 3.05) is 19.5 Å². The summed E-state index contributed by atoms with van der Waals surface area (Å²) in [6, 6.07) is 7.28. The van der Waals surface area contributed by atoms with E-state index in [-0.39, 0.29) is 23.8 Å². The minimum absolute atomic E-state index is 0.0353. The molecule has 1 atom stereocenters. The third kappa shape index (κ3) is 2.91. The molecule has 0 fully saturated rings. The van der Waals surface area contributed by atoms with Crippen molar-refractivity contribution in [3.63, 3.8) is 0 Å². The van der Waals surface area contributed by atoms with Crippen LogP contribution in [0.4, 0.5) is 5.69 Å². The van der Waals surface area contributed by atoms with E-state index in [1.807, 2.05) is 16.8 Å². The van der Waals surface area contributed by atoms with Gasteiger partial charge in [-0.2, -0.15) is 11.3 Å². The summed E-state index contributed by atoms with van der Waals surface area (Å²) in [6.07, 6.45) is 1.76. The molecule has 0 bridgehead atoms. The Hall–Kier alpha value is -3.26. The molecule has 0 saturated heterocycles. The number of nitrogens with zero attached hydrogens (tertiary/aromatic N) is 1. The highest BCUT2D eigenvalue weighted by Gasteiger charge is 2.35. The first kappa shape index (κ1) is 18.1. The highest BCUT2D eigenvalue weighted by atomic mass is 32.1. The second-order valence-electron chi connectivity index (χ2n) is 6.38. The summed E-state index contributed by atoms with van der Waals surface area (Å²) in [5.74, 6) is -0.401. The third-order valence-electron chi connectivity index (χ3n) is 4.85. The van der Waals surface area contributed by atoms with Crippen molar-refractivity contribution in [2.24, 2.45) is 0 Å². The minimum atomic E-state index is -1.11. The second-order valence-corrected chi connectivity index (χ2v) is 7.16. The number of amides is 1. The third-order valence-corrected chi connectivity index (χ3v) is 5.55. The molecule has 3 heterocycles. The predicted molar refractivity (Wildman–Crippen MR) is 105 cm³/mol. The van der Waals surface area contributed by atoms with E-state index >= 15 is 0 Å².